The second kappa shape index (κ2) is 9.37. The van der Waals surface area contributed by atoms with Crippen molar-refractivity contribution in [3.63, 3.8) is 0 Å². The van der Waals surface area contributed by atoms with E-state index in [1.807, 2.05) is 19.1 Å². The number of anilines is 1. The number of pyridine rings is 1. The Labute approximate surface area is 172 Å². The summed E-state index contributed by atoms with van der Waals surface area (Å²) < 4.78 is 30.3. The first kappa shape index (κ1) is 21.3. The highest BCUT2D eigenvalue weighted by molar-refractivity contribution is 7.91. The number of aromatic nitrogens is 1. The molecular weight excluding hydrogens is 390 g/mol. The van der Waals surface area contributed by atoms with Crippen LogP contribution in [0.2, 0.25) is 0 Å². The van der Waals surface area contributed by atoms with E-state index in [4.69, 9.17) is 4.74 Å². The highest BCUT2D eigenvalue weighted by Crippen LogP contribution is 2.21. The summed E-state index contributed by atoms with van der Waals surface area (Å²) in [5.74, 6) is 1.04. The summed E-state index contributed by atoms with van der Waals surface area (Å²) in [5, 5.41) is 2.88. The quantitative estimate of drug-likeness (QED) is 0.745. The maximum Gasteiger partial charge on any atom is 0.228 e. The van der Waals surface area contributed by atoms with Gasteiger partial charge in [-0.05, 0) is 68.8 Å². The summed E-state index contributed by atoms with van der Waals surface area (Å²) in [6.07, 6.45) is 3.09. The fourth-order valence-electron chi connectivity index (χ4n) is 3.41. The van der Waals surface area contributed by atoms with Crippen molar-refractivity contribution in [3.8, 4) is 5.75 Å². The number of aryl methyl sites for hydroxylation is 1. The highest BCUT2D eigenvalue weighted by atomic mass is 32.2. The van der Waals surface area contributed by atoms with Crippen molar-refractivity contribution in [1.82, 2.24) is 9.88 Å². The summed E-state index contributed by atoms with van der Waals surface area (Å²) >= 11 is 0. The lowest BCUT2D eigenvalue weighted by atomic mass is 9.96. The Hall–Kier alpha value is -2.45. The molecule has 1 N–H and O–H groups in total. The van der Waals surface area contributed by atoms with Gasteiger partial charge in [0.2, 0.25) is 5.91 Å². The number of hydrogen-bond acceptors (Lipinski definition) is 6. The molecule has 1 aromatic carbocycles. The smallest absolute Gasteiger partial charge is 0.228 e. The summed E-state index contributed by atoms with van der Waals surface area (Å²) in [7, 11) is -1.86. The molecule has 2 aromatic rings. The Morgan fingerprint density at radius 1 is 1.24 bits per heavy atom. The molecule has 156 valence electrons. The topological polar surface area (TPSA) is 88.6 Å². The van der Waals surface area contributed by atoms with Crippen LogP contribution in [-0.2, 0) is 14.6 Å². The fourth-order valence-corrected chi connectivity index (χ4v) is 4.73. The molecule has 8 heteroatoms. The largest absolute Gasteiger partial charge is 0.497 e. The van der Waals surface area contributed by atoms with Crippen LogP contribution in [0.5, 0.6) is 5.75 Å². The van der Waals surface area contributed by atoms with Gasteiger partial charge in [-0.1, -0.05) is 6.07 Å². The lowest BCUT2D eigenvalue weighted by molar-refractivity contribution is -0.121. The van der Waals surface area contributed by atoms with Gasteiger partial charge in [-0.2, -0.15) is 0 Å². The number of ether oxygens (including phenoxy) is 1. The molecule has 0 atom stereocenters. The minimum Gasteiger partial charge on any atom is -0.497 e. The fraction of sp³-hybridized carbons (Fsp3) is 0.429. The van der Waals surface area contributed by atoms with E-state index in [9.17, 15) is 13.2 Å². The first-order chi connectivity index (χ1) is 13.9. The Balaban J connectivity index is 1.48. The zero-order chi connectivity index (χ0) is 20.9. The third kappa shape index (κ3) is 5.77. The van der Waals surface area contributed by atoms with E-state index in [-0.39, 0.29) is 22.5 Å². The molecule has 3 rings (SSSR count). The van der Waals surface area contributed by atoms with E-state index in [2.05, 4.69) is 15.2 Å². The average Bonchev–Trinajstić information content (AvgIpc) is 2.73. The van der Waals surface area contributed by atoms with Crippen LogP contribution in [0.4, 0.5) is 5.82 Å². The maximum absolute atomic E-state index is 12.6. The van der Waals surface area contributed by atoms with Crippen molar-refractivity contribution in [1.29, 1.82) is 0 Å². The predicted octanol–water partition coefficient (Wildman–Crippen LogP) is 2.52. The molecule has 1 amide bonds. The van der Waals surface area contributed by atoms with Gasteiger partial charge in [0, 0.05) is 18.7 Å². The Morgan fingerprint density at radius 2 is 2.00 bits per heavy atom. The number of methoxy groups -OCH3 is 1. The first-order valence-corrected chi connectivity index (χ1v) is 11.4. The third-order valence-corrected chi connectivity index (χ3v) is 6.89. The van der Waals surface area contributed by atoms with Crippen molar-refractivity contribution < 1.29 is 17.9 Å². The SMILES string of the molecule is COc1cccc(S(=O)(=O)CCN2CCC(C(=O)Nc3cc(C)ccn3)CC2)c1. The lowest BCUT2D eigenvalue weighted by Gasteiger charge is -2.31. The number of carbonyl (C=O) groups excluding carboxylic acids is 1. The standard InChI is InChI=1S/C21H27N3O4S/c1-16-6-9-22-20(14-16)23-21(25)17-7-10-24(11-8-17)12-13-29(26,27)19-5-3-4-18(15-19)28-2/h3-6,9,14-15,17H,7-8,10-13H2,1-2H3,(H,22,23,25). The summed E-state index contributed by atoms with van der Waals surface area (Å²) in [6, 6.07) is 10.3. The third-order valence-electron chi connectivity index (χ3n) is 5.20. The van der Waals surface area contributed by atoms with Gasteiger partial charge in [0.1, 0.15) is 11.6 Å². The summed E-state index contributed by atoms with van der Waals surface area (Å²) in [5.41, 5.74) is 1.04. The van der Waals surface area contributed by atoms with Crippen LogP contribution in [0, 0.1) is 12.8 Å². The minimum absolute atomic E-state index is 0.0215. The Morgan fingerprint density at radius 3 is 2.69 bits per heavy atom. The van der Waals surface area contributed by atoms with E-state index in [1.165, 1.54) is 7.11 Å². The van der Waals surface area contributed by atoms with Gasteiger partial charge in [0.15, 0.2) is 9.84 Å². The molecule has 0 bridgehead atoms. The van der Waals surface area contributed by atoms with Gasteiger partial charge in [0.25, 0.3) is 0 Å². The molecular formula is C21H27N3O4S. The van der Waals surface area contributed by atoms with Gasteiger partial charge in [0.05, 0.1) is 17.8 Å². The maximum atomic E-state index is 12.6. The average molecular weight is 418 g/mol. The number of carbonyl (C=O) groups is 1. The Bertz CT molecular complexity index is 954. The number of rotatable bonds is 7. The number of benzene rings is 1. The lowest BCUT2D eigenvalue weighted by Crippen LogP contribution is -2.40. The van der Waals surface area contributed by atoms with Crippen LogP contribution in [0.1, 0.15) is 18.4 Å². The predicted molar refractivity (Wildman–Crippen MR) is 112 cm³/mol. The van der Waals surface area contributed by atoms with Crippen molar-refractivity contribution in [2.24, 2.45) is 5.92 Å². The number of nitrogens with one attached hydrogen (secondary N) is 1. The van der Waals surface area contributed by atoms with Crippen LogP contribution < -0.4 is 10.1 Å². The number of sulfone groups is 1. The first-order valence-electron chi connectivity index (χ1n) is 9.70. The van der Waals surface area contributed by atoms with Crippen molar-refractivity contribution in [2.45, 2.75) is 24.7 Å². The number of hydrogen-bond donors (Lipinski definition) is 1. The summed E-state index contributed by atoms with van der Waals surface area (Å²) in [6.45, 7) is 3.81. The zero-order valence-corrected chi connectivity index (χ0v) is 17.6. The van der Waals surface area contributed by atoms with Crippen molar-refractivity contribution >= 4 is 21.6 Å². The second-order valence-corrected chi connectivity index (χ2v) is 9.43. The molecule has 1 saturated heterocycles. The molecule has 0 aliphatic carbocycles. The van der Waals surface area contributed by atoms with Gasteiger partial charge >= 0.3 is 0 Å². The molecule has 0 saturated carbocycles. The van der Waals surface area contributed by atoms with E-state index < -0.39 is 9.84 Å². The molecule has 0 radical (unpaired) electrons. The van der Waals surface area contributed by atoms with E-state index in [1.54, 1.807) is 30.5 Å². The van der Waals surface area contributed by atoms with Gasteiger partial charge in [-0.15, -0.1) is 0 Å². The van der Waals surface area contributed by atoms with E-state index in [0.717, 1.165) is 5.56 Å². The van der Waals surface area contributed by atoms with Crippen molar-refractivity contribution in [2.75, 3.05) is 37.8 Å². The van der Waals surface area contributed by atoms with Crippen LogP contribution in [0.3, 0.4) is 0 Å². The van der Waals surface area contributed by atoms with E-state index >= 15 is 0 Å². The second-order valence-electron chi connectivity index (χ2n) is 7.32. The van der Waals surface area contributed by atoms with Crippen LogP contribution >= 0.6 is 0 Å². The van der Waals surface area contributed by atoms with Gasteiger partial charge < -0.3 is 15.0 Å². The normalized spacial score (nSPS) is 15.8. The van der Waals surface area contributed by atoms with E-state index in [0.29, 0.717) is 44.0 Å². The summed E-state index contributed by atoms with van der Waals surface area (Å²) in [4.78, 5) is 19.0. The van der Waals surface area contributed by atoms with Crippen LogP contribution in [-0.4, -0.2) is 56.7 Å². The van der Waals surface area contributed by atoms with Gasteiger partial charge in [-0.25, -0.2) is 13.4 Å². The number of nitrogens with zero attached hydrogens (tertiary/aromatic N) is 2. The monoisotopic (exact) mass is 417 g/mol. The highest BCUT2D eigenvalue weighted by Gasteiger charge is 2.26. The van der Waals surface area contributed by atoms with Crippen molar-refractivity contribution in [3.05, 3.63) is 48.2 Å². The zero-order valence-electron chi connectivity index (χ0n) is 16.8. The number of piperidine rings is 1. The number of likely N-dealkylation sites (tertiary alicyclic amines) is 1. The molecule has 2 heterocycles. The molecule has 29 heavy (non-hydrogen) atoms. The molecule has 7 nitrogen and oxygen atoms in total. The molecule has 0 spiro atoms. The number of amides is 1. The van der Waals surface area contributed by atoms with Crippen LogP contribution in [0.15, 0.2) is 47.5 Å². The molecule has 1 fully saturated rings. The molecule has 1 aliphatic rings. The molecule has 1 aliphatic heterocycles. The minimum atomic E-state index is -3.38. The van der Waals surface area contributed by atoms with Gasteiger partial charge in [-0.3, -0.25) is 4.79 Å². The van der Waals surface area contributed by atoms with Crippen LogP contribution in [0.25, 0.3) is 0 Å². The Kier molecular flexibility index (Phi) is 6.87. The molecule has 1 aromatic heterocycles. The molecule has 0 unspecified atom stereocenters.